The lowest BCUT2D eigenvalue weighted by atomic mass is 10.2. The Kier molecular flexibility index (Phi) is 6.27. The van der Waals surface area contributed by atoms with Gasteiger partial charge in [0, 0.05) is 45.2 Å². The minimum atomic E-state index is 0.216. The fourth-order valence-corrected chi connectivity index (χ4v) is 3.71. The fourth-order valence-electron chi connectivity index (χ4n) is 3.71. The van der Waals surface area contributed by atoms with Gasteiger partial charge in [0.15, 0.2) is 5.96 Å². The van der Waals surface area contributed by atoms with E-state index in [1.807, 2.05) is 41.3 Å². The zero-order valence-corrected chi connectivity index (χ0v) is 17.3. The maximum atomic E-state index is 11.9. The zero-order chi connectivity index (χ0) is 20.8. The van der Waals surface area contributed by atoms with Crippen LogP contribution in [-0.4, -0.2) is 42.0 Å². The lowest BCUT2D eigenvalue weighted by Gasteiger charge is -2.16. The molecule has 1 amide bonds. The maximum Gasteiger partial charge on any atom is 0.227 e. The van der Waals surface area contributed by atoms with Crippen LogP contribution in [0.1, 0.15) is 30.7 Å². The van der Waals surface area contributed by atoms with Crippen LogP contribution >= 0.6 is 0 Å². The summed E-state index contributed by atoms with van der Waals surface area (Å²) in [6, 6.07) is 16.2. The number of hydrogen-bond acceptors (Lipinski definition) is 3. The normalized spacial score (nSPS) is 14.5. The van der Waals surface area contributed by atoms with Crippen molar-refractivity contribution in [1.29, 1.82) is 0 Å². The molecule has 3 aromatic rings. The van der Waals surface area contributed by atoms with Crippen LogP contribution in [0, 0.1) is 0 Å². The van der Waals surface area contributed by atoms with Gasteiger partial charge in [0.1, 0.15) is 5.82 Å². The highest BCUT2D eigenvalue weighted by atomic mass is 16.2. The number of aliphatic imine (C=N–C) groups is 1. The van der Waals surface area contributed by atoms with E-state index in [0.717, 1.165) is 66.4 Å². The molecule has 7 heteroatoms. The predicted octanol–water partition coefficient (Wildman–Crippen LogP) is 2.99. The molecule has 0 bridgehead atoms. The van der Waals surface area contributed by atoms with E-state index in [-0.39, 0.29) is 5.91 Å². The number of para-hydroxylation sites is 2. The monoisotopic (exact) mass is 404 g/mol. The number of carbonyl (C=O) groups is 1. The van der Waals surface area contributed by atoms with Crippen molar-refractivity contribution in [2.75, 3.05) is 25.0 Å². The highest BCUT2D eigenvalue weighted by molar-refractivity contribution is 5.95. The van der Waals surface area contributed by atoms with Crippen LogP contribution in [0.4, 0.5) is 5.69 Å². The van der Waals surface area contributed by atoms with Crippen LogP contribution in [0.2, 0.25) is 0 Å². The molecule has 4 rings (SSSR count). The lowest BCUT2D eigenvalue weighted by molar-refractivity contribution is -0.117. The highest BCUT2D eigenvalue weighted by Gasteiger charge is 2.21. The number of benzene rings is 2. The number of aromatic nitrogens is 2. The number of fused-ring (bicyclic) bond motifs is 1. The minimum Gasteiger partial charge on any atom is -0.356 e. The van der Waals surface area contributed by atoms with Crippen molar-refractivity contribution in [2.45, 2.75) is 32.2 Å². The molecule has 0 unspecified atom stereocenters. The first-order valence-electron chi connectivity index (χ1n) is 10.5. The number of carbonyl (C=O) groups excluding carboxylic acids is 1. The number of anilines is 1. The van der Waals surface area contributed by atoms with Gasteiger partial charge in [-0.2, -0.15) is 0 Å². The average molecular weight is 405 g/mol. The molecule has 30 heavy (non-hydrogen) atoms. The molecular formula is C23H28N6O. The van der Waals surface area contributed by atoms with Crippen molar-refractivity contribution < 1.29 is 4.79 Å². The van der Waals surface area contributed by atoms with E-state index >= 15 is 0 Å². The molecule has 2 aromatic carbocycles. The maximum absolute atomic E-state index is 11.9. The van der Waals surface area contributed by atoms with E-state index in [1.54, 1.807) is 7.05 Å². The van der Waals surface area contributed by atoms with Gasteiger partial charge >= 0.3 is 0 Å². The molecule has 1 saturated heterocycles. The smallest absolute Gasteiger partial charge is 0.227 e. The van der Waals surface area contributed by atoms with Gasteiger partial charge in [-0.15, -0.1) is 0 Å². The lowest BCUT2D eigenvalue weighted by Crippen LogP contribution is -2.37. The van der Waals surface area contributed by atoms with Crippen molar-refractivity contribution in [3.05, 3.63) is 59.9 Å². The van der Waals surface area contributed by atoms with Crippen LogP contribution in [0.3, 0.4) is 0 Å². The number of guanidine groups is 1. The Morgan fingerprint density at radius 3 is 2.73 bits per heavy atom. The van der Waals surface area contributed by atoms with Gasteiger partial charge in [-0.1, -0.05) is 24.3 Å². The van der Waals surface area contributed by atoms with Gasteiger partial charge in [0.05, 0.1) is 11.0 Å². The van der Waals surface area contributed by atoms with E-state index < -0.39 is 0 Å². The SMILES string of the molecule is CN=C(NCCCc1nc2ccccc2[nH]1)NCc1ccc(N2CCCC2=O)cc1. The zero-order valence-electron chi connectivity index (χ0n) is 17.3. The van der Waals surface area contributed by atoms with Crippen molar-refractivity contribution in [3.8, 4) is 0 Å². The number of hydrogen-bond donors (Lipinski definition) is 3. The molecule has 1 aliphatic heterocycles. The van der Waals surface area contributed by atoms with Crippen molar-refractivity contribution >= 4 is 28.6 Å². The van der Waals surface area contributed by atoms with Gasteiger partial charge < -0.3 is 20.5 Å². The van der Waals surface area contributed by atoms with E-state index in [9.17, 15) is 4.79 Å². The van der Waals surface area contributed by atoms with E-state index in [0.29, 0.717) is 13.0 Å². The Hall–Kier alpha value is -3.35. The molecule has 7 nitrogen and oxygen atoms in total. The van der Waals surface area contributed by atoms with Crippen molar-refractivity contribution in [1.82, 2.24) is 20.6 Å². The second kappa shape index (κ2) is 9.43. The number of imidazole rings is 1. The number of amides is 1. The van der Waals surface area contributed by atoms with Gasteiger partial charge in [-0.25, -0.2) is 4.98 Å². The summed E-state index contributed by atoms with van der Waals surface area (Å²) in [4.78, 5) is 26.0. The molecule has 1 aromatic heterocycles. The summed E-state index contributed by atoms with van der Waals surface area (Å²) in [5.41, 5.74) is 4.22. The molecule has 156 valence electrons. The first-order chi connectivity index (χ1) is 14.7. The molecule has 3 N–H and O–H groups in total. The van der Waals surface area contributed by atoms with Crippen LogP contribution < -0.4 is 15.5 Å². The third-order valence-electron chi connectivity index (χ3n) is 5.33. The Balaban J connectivity index is 1.20. The van der Waals surface area contributed by atoms with E-state index in [4.69, 9.17) is 0 Å². The van der Waals surface area contributed by atoms with Crippen LogP contribution in [-0.2, 0) is 17.8 Å². The summed E-state index contributed by atoms with van der Waals surface area (Å²) in [6.07, 6.45) is 3.44. The Morgan fingerprint density at radius 1 is 1.17 bits per heavy atom. The van der Waals surface area contributed by atoms with Crippen molar-refractivity contribution in [3.63, 3.8) is 0 Å². The van der Waals surface area contributed by atoms with Crippen LogP contribution in [0.25, 0.3) is 11.0 Å². The Labute approximate surface area is 176 Å². The van der Waals surface area contributed by atoms with Gasteiger partial charge in [0.25, 0.3) is 0 Å². The fraction of sp³-hybridized carbons (Fsp3) is 0.348. The van der Waals surface area contributed by atoms with Gasteiger partial charge in [-0.3, -0.25) is 9.79 Å². The second-order valence-corrected chi connectivity index (χ2v) is 7.47. The van der Waals surface area contributed by atoms with E-state index in [2.05, 4.69) is 37.7 Å². The molecule has 0 radical (unpaired) electrons. The number of nitrogens with zero attached hydrogens (tertiary/aromatic N) is 3. The summed E-state index contributed by atoms with van der Waals surface area (Å²) in [7, 11) is 1.77. The number of aryl methyl sites for hydroxylation is 1. The summed E-state index contributed by atoms with van der Waals surface area (Å²) >= 11 is 0. The number of rotatable bonds is 7. The third kappa shape index (κ3) is 4.79. The number of nitrogens with one attached hydrogen (secondary N) is 3. The molecule has 1 fully saturated rings. The molecule has 0 atom stereocenters. The topological polar surface area (TPSA) is 85.4 Å². The molecular weight excluding hydrogens is 376 g/mol. The predicted molar refractivity (Wildman–Crippen MR) is 121 cm³/mol. The standard InChI is InChI=1S/C23H28N6O/c1-24-23(25-14-4-8-21-27-19-6-2-3-7-20(19)28-21)26-16-17-10-12-18(13-11-17)29-15-5-9-22(29)30/h2-3,6-7,10-13H,4-5,8-9,14-16H2,1H3,(H,27,28)(H2,24,25,26). The molecule has 0 spiro atoms. The average Bonchev–Trinajstić information content (AvgIpc) is 3.39. The Morgan fingerprint density at radius 2 is 2.00 bits per heavy atom. The Bertz CT molecular complexity index is 991. The van der Waals surface area contributed by atoms with Crippen LogP contribution in [0.15, 0.2) is 53.5 Å². The molecule has 1 aliphatic rings. The van der Waals surface area contributed by atoms with Gasteiger partial charge in [0.2, 0.25) is 5.91 Å². The quantitative estimate of drug-likeness (QED) is 0.321. The second-order valence-electron chi connectivity index (χ2n) is 7.47. The first kappa shape index (κ1) is 19.9. The number of aromatic amines is 1. The molecule has 2 heterocycles. The van der Waals surface area contributed by atoms with Gasteiger partial charge in [-0.05, 0) is 42.7 Å². The summed E-state index contributed by atoms with van der Waals surface area (Å²) < 4.78 is 0. The largest absolute Gasteiger partial charge is 0.356 e. The highest BCUT2D eigenvalue weighted by Crippen LogP contribution is 2.21. The molecule has 0 saturated carbocycles. The van der Waals surface area contributed by atoms with Crippen LogP contribution in [0.5, 0.6) is 0 Å². The third-order valence-corrected chi connectivity index (χ3v) is 5.33. The first-order valence-corrected chi connectivity index (χ1v) is 10.5. The summed E-state index contributed by atoms with van der Waals surface area (Å²) in [6.45, 7) is 2.31. The summed E-state index contributed by atoms with van der Waals surface area (Å²) in [5.74, 6) is 2.00. The summed E-state index contributed by atoms with van der Waals surface area (Å²) in [5, 5.41) is 6.69. The molecule has 0 aliphatic carbocycles. The van der Waals surface area contributed by atoms with Crippen molar-refractivity contribution in [2.24, 2.45) is 4.99 Å². The number of H-pyrrole nitrogens is 1. The minimum absolute atomic E-state index is 0.216. The van der Waals surface area contributed by atoms with E-state index in [1.165, 1.54) is 0 Å².